The van der Waals surface area contributed by atoms with Crippen LogP contribution in [0.1, 0.15) is 56.3 Å². The van der Waals surface area contributed by atoms with Gasteiger partial charge < -0.3 is 4.57 Å². The Morgan fingerprint density at radius 1 is 1.14 bits per heavy atom. The molecule has 1 saturated carbocycles. The van der Waals surface area contributed by atoms with E-state index in [1.54, 1.807) is 6.20 Å². The van der Waals surface area contributed by atoms with Gasteiger partial charge in [0.2, 0.25) is 0 Å². The average molecular weight is 319 g/mol. The van der Waals surface area contributed by atoms with Gasteiger partial charge in [-0.1, -0.05) is 12.8 Å². The molecule has 118 valence electrons. The predicted molar refractivity (Wildman–Crippen MR) is 85.7 cm³/mol. The number of pyridine rings is 1. The fraction of sp³-hybridized carbons (Fsp3) is 0.625. The first kappa shape index (κ1) is 14.2. The number of rotatable bonds is 2. The minimum Gasteiger partial charge on any atom is -0.309 e. The van der Waals surface area contributed by atoms with Crippen molar-refractivity contribution >= 4 is 21.0 Å². The van der Waals surface area contributed by atoms with Gasteiger partial charge in [-0.2, -0.15) is 0 Å². The zero-order valence-corrected chi connectivity index (χ0v) is 13.4. The van der Waals surface area contributed by atoms with Gasteiger partial charge in [0.25, 0.3) is 0 Å². The summed E-state index contributed by atoms with van der Waals surface area (Å²) in [5.41, 5.74) is 1.82. The molecule has 0 bridgehead atoms. The first-order chi connectivity index (χ1) is 10.6. The second-order valence-corrected chi connectivity index (χ2v) is 8.81. The van der Waals surface area contributed by atoms with E-state index < -0.39 is 9.84 Å². The van der Waals surface area contributed by atoms with Crippen LogP contribution in [0.5, 0.6) is 0 Å². The molecule has 1 unspecified atom stereocenters. The smallest absolute Gasteiger partial charge is 0.160 e. The minimum absolute atomic E-state index is 0.0218. The Kier molecular flexibility index (Phi) is 3.44. The third-order valence-corrected chi connectivity index (χ3v) is 6.82. The Hall–Kier alpha value is -1.43. The van der Waals surface area contributed by atoms with Crippen molar-refractivity contribution in [1.29, 1.82) is 0 Å². The number of fused-ring (bicyclic) bond motifs is 1. The summed E-state index contributed by atoms with van der Waals surface area (Å²) in [7, 11) is -2.93. The van der Waals surface area contributed by atoms with Crippen molar-refractivity contribution in [3.8, 4) is 0 Å². The van der Waals surface area contributed by atoms with E-state index in [0.29, 0.717) is 11.8 Å². The van der Waals surface area contributed by atoms with Crippen LogP contribution in [-0.4, -0.2) is 34.5 Å². The van der Waals surface area contributed by atoms with Gasteiger partial charge in [-0.25, -0.2) is 18.4 Å². The number of hydrogen-bond donors (Lipinski definition) is 0. The molecule has 2 aromatic heterocycles. The largest absolute Gasteiger partial charge is 0.309 e. The molecule has 0 aromatic carbocycles. The molecule has 1 aliphatic carbocycles. The molecule has 2 aromatic rings. The summed E-state index contributed by atoms with van der Waals surface area (Å²) in [5.74, 6) is 1.53. The molecule has 22 heavy (non-hydrogen) atoms. The molecule has 4 rings (SSSR count). The summed E-state index contributed by atoms with van der Waals surface area (Å²) in [6.45, 7) is 0. The monoisotopic (exact) mass is 319 g/mol. The maximum absolute atomic E-state index is 12.0. The highest BCUT2D eigenvalue weighted by Gasteiger charge is 2.32. The third-order valence-electron chi connectivity index (χ3n) is 4.99. The lowest BCUT2D eigenvalue weighted by molar-refractivity contribution is 0.471. The topological polar surface area (TPSA) is 64.8 Å². The van der Waals surface area contributed by atoms with Crippen LogP contribution in [0.3, 0.4) is 0 Å². The van der Waals surface area contributed by atoms with Crippen molar-refractivity contribution in [3.05, 3.63) is 24.2 Å². The van der Waals surface area contributed by atoms with Crippen LogP contribution in [0, 0.1) is 0 Å². The quantitative estimate of drug-likeness (QED) is 0.854. The molecule has 2 fully saturated rings. The van der Waals surface area contributed by atoms with Crippen molar-refractivity contribution < 1.29 is 8.42 Å². The number of imidazole rings is 1. The van der Waals surface area contributed by atoms with E-state index in [0.717, 1.165) is 42.7 Å². The Morgan fingerprint density at radius 2 is 1.95 bits per heavy atom. The number of hydrogen-bond acceptors (Lipinski definition) is 4. The van der Waals surface area contributed by atoms with Gasteiger partial charge in [0.05, 0.1) is 11.5 Å². The number of aromatic nitrogens is 3. The van der Waals surface area contributed by atoms with E-state index in [2.05, 4.69) is 9.55 Å². The van der Waals surface area contributed by atoms with Gasteiger partial charge in [-0.15, -0.1) is 0 Å². The van der Waals surface area contributed by atoms with Crippen LogP contribution in [-0.2, 0) is 9.84 Å². The molecule has 5 nitrogen and oxygen atoms in total. The number of nitrogens with zero attached hydrogens (tertiary/aromatic N) is 3. The van der Waals surface area contributed by atoms with E-state index in [4.69, 9.17) is 4.98 Å². The van der Waals surface area contributed by atoms with E-state index >= 15 is 0 Å². The highest BCUT2D eigenvalue weighted by atomic mass is 32.2. The minimum atomic E-state index is -2.93. The molecular weight excluding hydrogens is 298 g/mol. The summed E-state index contributed by atoms with van der Waals surface area (Å²) >= 11 is 0. The van der Waals surface area contributed by atoms with E-state index in [1.807, 2.05) is 12.1 Å². The fourth-order valence-corrected chi connectivity index (χ4v) is 5.69. The molecule has 1 saturated heterocycles. The van der Waals surface area contributed by atoms with Crippen LogP contribution >= 0.6 is 0 Å². The summed E-state index contributed by atoms with van der Waals surface area (Å²) in [4.78, 5) is 9.31. The second kappa shape index (κ2) is 5.33. The molecule has 0 radical (unpaired) electrons. The first-order valence-electron chi connectivity index (χ1n) is 8.17. The maximum Gasteiger partial charge on any atom is 0.160 e. The van der Waals surface area contributed by atoms with Crippen LogP contribution in [0.15, 0.2) is 18.3 Å². The SMILES string of the molecule is O=S1(=O)CCCC(c2nc3cccnc3n2C2CCCC2)C1. The number of sulfone groups is 1. The van der Waals surface area contributed by atoms with Gasteiger partial charge in [-0.05, 0) is 37.8 Å². The zero-order chi connectivity index (χ0) is 15.2. The Morgan fingerprint density at radius 3 is 2.73 bits per heavy atom. The second-order valence-electron chi connectivity index (χ2n) is 6.58. The Bertz CT molecular complexity index is 791. The van der Waals surface area contributed by atoms with Gasteiger partial charge in [0.1, 0.15) is 11.3 Å². The predicted octanol–water partition coefficient (Wildman–Crippen LogP) is 2.84. The molecule has 3 heterocycles. The lowest BCUT2D eigenvalue weighted by Crippen LogP contribution is -2.26. The van der Waals surface area contributed by atoms with Crippen molar-refractivity contribution in [1.82, 2.24) is 14.5 Å². The molecule has 1 aliphatic heterocycles. The van der Waals surface area contributed by atoms with Crippen LogP contribution < -0.4 is 0 Å². The summed E-state index contributed by atoms with van der Waals surface area (Å²) in [6.07, 6.45) is 8.22. The van der Waals surface area contributed by atoms with Gasteiger partial charge >= 0.3 is 0 Å². The molecule has 0 N–H and O–H groups in total. The van der Waals surface area contributed by atoms with Crippen molar-refractivity contribution in [2.24, 2.45) is 0 Å². The van der Waals surface area contributed by atoms with Gasteiger partial charge in [0, 0.05) is 18.2 Å². The highest BCUT2D eigenvalue weighted by molar-refractivity contribution is 7.91. The van der Waals surface area contributed by atoms with Crippen molar-refractivity contribution in [2.75, 3.05) is 11.5 Å². The van der Waals surface area contributed by atoms with Crippen LogP contribution in [0.25, 0.3) is 11.2 Å². The average Bonchev–Trinajstić information content (AvgIpc) is 3.12. The fourth-order valence-electron chi connectivity index (χ4n) is 3.98. The molecule has 2 aliphatic rings. The van der Waals surface area contributed by atoms with Crippen molar-refractivity contribution in [3.63, 3.8) is 0 Å². The lowest BCUT2D eigenvalue weighted by atomic mass is 10.0. The first-order valence-corrected chi connectivity index (χ1v) is 9.99. The van der Waals surface area contributed by atoms with Crippen molar-refractivity contribution in [2.45, 2.75) is 50.5 Å². The normalized spacial score (nSPS) is 25.7. The van der Waals surface area contributed by atoms with Gasteiger partial charge in [-0.3, -0.25) is 0 Å². The van der Waals surface area contributed by atoms with Gasteiger partial charge in [0.15, 0.2) is 15.5 Å². The summed E-state index contributed by atoms with van der Waals surface area (Å²) in [6, 6.07) is 4.31. The Labute approximate surface area is 130 Å². The van der Waals surface area contributed by atoms with E-state index in [9.17, 15) is 8.42 Å². The standard InChI is InChI=1S/C16H21N3O2S/c20-22(21)10-4-5-12(11-22)15-18-14-8-3-9-17-16(14)19(15)13-6-1-2-7-13/h3,8-9,12-13H,1-2,4-7,10-11H2. The maximum atomic E-state index is 12.0. The molecule has 0 spiro atoms. The van der Waals surface area contributed by atoms with E-state index in [1.165, 1.54) is 12.8 Å². The summed E-state index contributed by atoms with van der Waals surface area (Å²) in [5, 5.41) is 0. The van der Waals surface area contributed by atoms with E-state index in [-0.39, 0.29) is 11.7 Å². The molecule has 0 amide bonds. The lowest BCUT2D eigenvalue weighted by Gasteiger charge is -2.24. The summed E-state index contributed by atoms with van der Waals surface area (Å²) < 4.78 is 26.3. The zero-order valence-electron chi connectivity index (χ0n) is 12.6. The molecule has 6 heteroatoms. The third kappa shape index (κ3) is 2.43. The molecular formula is C16H21N3O2S. The van der Waals surface area contributed by atoms with Crippen LogP contribution in [0.4, 0.5) is 0 Å². The Balaban J connectivity index is 1.83. The highest BCUT2D eigenvalue weighted by Crippen LogP contribution is 2.37. The molecule has 1 atom stereocenters. The van der Waals surface area contributed by atoms with Crippen LogP contribution in [0.2, 0.25) is 0 Å².